The molecule has 0 aliphatic carbocycles. The summed E-state index contributed by atoms with van der Waals surface area (Å²) in [5.41, 5.74) is 3.27. The molecule has 2 aromatic heterocycles. The van der Waals surface area contributed by atoms with Crippen LogP contribution in [0.3, 0.4) is 0 Å². The molecule has 4 aromatic rings. The molecule has 5 rings (SSSR count). The minimum Gasteiger partial charge on any atom is -0.481 e. The molecule has 338 valence electrons. The topological polar surface area (TPSA) is 264 Å². The first-order chi connectivity index (χ1) is 30.0. The summed E-state index contributed by atoms with van der Waals surface area (Å²) < 4.78 is 0. The molecule has 6 amide bonds. The second-order valence-corrected chi connectivity index (χ2v) is 16.7. The van der Waals surface area contributed by atoms with Gasteiger partial charge in [-0.15, -0.1) is 0 Å². The van der Waals surface area contributed by atoms with Crippen molar-refractivity contribution in [2.24, 2.45) is 11.8 Å². The Kier molecular flexibility index (Phi) is 16.2. The van der Waals surface area contributed by atoms with E-state index in [0.29, 0.717) is 31.4 Å². The molecule has 3 heterocycles. The van der Waals surface area contributed by atoms with Crippen LogP contribution in [0.4, 0.5) is 0 Å². The van der Waals surface area contributed by atoms with Gasteiger partial charge in [0.05, 0.1) is 25.0 Å². The number of nitrogens with one attached hydrogen (secondary N) is 8. The number of carbonyl (C=O) groups is 8. The molecule has 1 saturated heterocycles. The van der Waals surface area contributed by atoms with Crippen LogP contribution in [0.1, 0.15) is 65.0 Å². The van der Waals surface area contributed by atoms with Gasteiger partial charge in [-0.3, -0.25) is 38.4 Å². The average Bonchev–Trinajstić information content (AvgIpc) is 4.01. The summed E-state index contributed by atoms with van der Waals surface area (Å²) in [6.45, 7) is 8.00. The number of para-hydroxylation sites is 2. The minimum absolute atomic E-state index is 0.00940. The molecule has 0 saturated carbocycles. The van der Waals surface area contributed by atoms with Gasteiger partial charge in [0, 0.05) is 47.2 Å². The lowest BCUT2D eigenvalue weighted by atomic mass is 9.99. The van der Waals surface area contributed by atoms with E-state index in [1.807, 2.05) is 54.7 Å². The van der Waals surface area contributed by atoms with Gasteiger partial charge < -0.3 is 51.9 Å². The Labute approximate surface area is 365 Å². The number of hydrogen-bond donors (Lipinski definition) is 9. The van der Waals surface area contributed by atoms with E-state index in [1.165, 1.54) is 11.8 Å². The second-order valence-electron chi connectivity index (χ2n) is 16.7. The van der Waals surface area contributed by atoms with E-state index in [1.54, 1.807) is 40.9 Å². The number of carboxylic acid groups (broad SMARTS) is 1. The van der Waals surface area contributed by atoms with Gasteiger partial charge in [0.2, 0.25) is 35.4 Å². The molecule has 63 heavy (non-hydrogen) atoms. The van der Waals surface area contributed by atoms with E-state index in [9.17, 15) is 43.5 Å². The molecule has 0 radical (unpaired) electrons. The zero-order valence-corrected chi connectivity index (χ0v) is 36.5. The zero-order valence-electron chi connectivity index (χ0n) is 36.5. The van der Waals surface area contributed by atoms with E-state index in [4.69, 9.17) is 0 Å². The Balaban J connectivity index is 1.26. The number of fused-ring (bicyclic) bond motifs is 2. The van der Waals surface area contributed by atoms with Crippen LogP contribution < -0.4 is 31.9 Å². The van der Waals surface area contributed by atoms with Gasteiger partial charge in [0.1, 0.15) is 24.2 Å². The number of Topliss-reactive ketones (excluding diaryl/α,β-unsaturated/α-hetero) is 1. The lowest BCUT2D eigenvalue weighted by Gasteiger charge is -2.31. The van der Waals surface area contributed by atoms with Gasteiger partial charge in [-0.25, -0.2) is 0 Å². The third kappa shape index (κ3) is 12.1. The highest BCUT2D eigenvalue weighted by Gasteiger charge is 2.38. The number of carbonyl (C=O) groups excluding carboxylic acids is 7. The molecule has 9 N–H and O–H groups in total. The van der Waals surface area contributed by atoms with Gasteiger partial charge in [0.25, 0.3) is 0 Å². The fraction of sp³-hybridized carbons (Fsp3) is 0.467. The number of amides is 6. The molecule has 6 atom stereocenters. The smallest absolute Gasteiger partial charge is 0.305 e. The van der Waals surface area contributed by atoms with Crippen LogP contribution in [-0.2, 0) is 51.2 Å². The number of H-pyrrole nitrogens is 2. The number of likely N-dealkylation sites (tertiary alicyclic amines) is 1. The highest BCUT2D eigenvalue weighted by atomic mass is 16.4. The number of ketones is 1. The lowest BCUT2D eigenvalue weighted by Crippen LogP contribution is -2.59. The van der Waals surface area contributed by atoms with Crippen molar-refractivity contribution in [1.82, 2.24) is 46.8 Å². The third-order valence-corrected chi connectivity index (χ3v) is 11.4. The van der Waals surface area contributed by atoms with Gasteiger partial charge in [-0.05, 0) is 68.3 Å². The first-order valence-corrected chi connectivity index (χ1v) is 21.3. The first-order valence-electron chi connectivity index (χ1n) is 21.3. The number of aromatic nitrogens is 2. The third-order valence-electron chi connectivity index (χ3n) is 11.4. The van der Waals surface area contributed by atoms with Crippen LogP contribution in [0.2, 0.25) is 0 Å². The Morgan fingerprint density at radius 3 is 1.78 bits per heavy atom. The maximum absolute atomic E-state index is 14.1. The highest BCUT2D eigenvalue weighted by Crippen LogP contribution is 2.23. The molecule has 1 fully saturated rings. The quantitative estimate of drug-likeness (QED) is 0.0582. The molecule has 2 aromatic carbocycles. The van der Waals surface area contributed by atoms with Crippen molar-refractivity contribution < 1.29 is 43.5 Å². The van der Waals surface area contributed by atoms with E-state index >= 15 is 0 Å². The molecule has 0 spiro atoms. The van der Waals surface area contributed by atoms with Crippen molar-refractivity contribution in [3.05, 3.63) is 72.1 Å². The molecule has 18 heteroatoms. The van der Waals surface area contributed by atoms with Crippen molar-refractivity contribution in [3.63, 3.8) is 0 Å². The van der Waals surface area contributed by atoms with Gasteiger partial charge >= 0.3 is 5.97 Å². The molecule has 2 unspecified atom stereocenters. The van der Waals surface area contributed by atoms with Crippen molar-refractivity contribution in [2.75, 3.05) is 20.1 Å². The maximum Gasteiger partial charge on any atom is 0.305 e. The fourth-order valence-electron chi connectivity index (χ4n) is 7.95. The Morgan fingerprint density at radius 1 is 0.698 bits per heavy atom. The second kappa shape index (κ2) is 21.5. The molecule has 1 aliphatic heterocycles. The van der Waals surface area contributed by atoms with Gasteiger partial charge in [-0.1, -0.05) is 64.1 Å². The summed E-state index contributed by atoms with van der Waals surface area (Å²) >= 11 is 0. The van der Waals surface area contributed by atoms with E-state index in [2.05, 4.69) is 41.9 Å². The van der Waals surface area contributed by atoms with Crippen molar-refractivity contribution in [2.45, 2.75) is 103 Å². The fourth-order valence-corrected chi connectivity index (χ4v) is 7.95. The predicted molar refractivity (Wildman–Crippen MR) is 235 cm³/mol. The lowest BCUT2D eigenvalue weighted by molar-refractivity contribution is -0.142. The summed E-state index contributed by atoms with van der Waals surface area (Å²) in [6.07, 6.45) is 4.15. The Morgan fingerprint density at radius 2 is 1.24 bits per heavy atom. The average molecular weight is 870 g/mol. The van der Waals surface area contributed by atoms with Gasteiger partial charge in [0.15, 0.2) is 5.78 Å². The number of aliphatic carboxylic acids is 1. The predicted octanol–water partition coefficient (Wildman–Crippen LogP) is 1.44. The van der Waals surface area contributed by atoms with Crippen LogP contribution >= 0.6 is 0 Å². The summed E-state index contributed by atoms with van der Waals surface area (Å²) in [5, 5.41) is 27.4. The van der Waals surface area contributed by atoms with E-state index in [-0.39, 0.29) is 18.1 Å². The molecular weight excluding hydrogens is 811 g/mol. The number of likely N-dealkylation sites (N-methyl/N-ethyl adjacent to an activating group) is 1. The Hall–Kier alpha value is -6.56. The van der Waals surface area contributed by atoms with Crippen LogP contribution in [0.5, 0.6) is 0 Å². The van der Waals surface area contributed by atoms with E-state index in [0.717, 1.165) is 27.4 Å². The summed E-state index contributed by atoms with van der Waals surface area (Å²) in [6, 6.07) is 8.63. The number of nitrogens with zero attached hydrogens (tertiary/aromatic N) is 1. The maximum atomic E-state index is 14.1. The molecular formula is C45H59N9O9. The van der Waals surface area contributed by atoms with Crippen LogP contribution in [0, 0.1) is 11.8 Å². The van der Waals surface area contributed by atoms with Crippen LogP contribution in [0.25, 0.3) is 21.8 Å². The van der Waals surface area contributed by atoms with Crippen LogP contribution in [-0.4, -0.2) is 124 Å². The first kappa shape index (κ1) is 47.5. The number of hydrogen-bond acceptors (Lipinski definition) is 9. The number of carboxylic acids is 1. The number of aromatic amines is 2. The van der Waals surface area contributed by atoms with Crippen molar-refractivity contribution >= 4 is 69.0 Å². The highest BCUT2D eigenvalue weighted by molar-refractivity contribution is 5.98. The molecule has 18 nitrogen and oxygen atoms in total. The SMILES string of the molecule is CN[C@@H](Cc1c[nH]c2ccccc12)C(=O)NC(C(=O)N[C@@H](CC(=O)O)C(=O)NCC(=O)N[C@@H](Cc1c[nH]c2ccccc12)C(=O)NC(C(=O)N1CCC[C@H]1C(C)=O)C(C)C)C(C)C. The minimum atomic E-state index is -1.64. The number of rotatable bonds is 21. The Bertz CT molecular complexity index is 2320. The largest absolute Gasteiger partial charge is 0.481 e. The van der Waals surface area contributed by atoms with Crippen molar-refractivity contribution in [3.8, 4) is 0 Å². The standard InChI is InChI=1S/C45H59N9O9/c1-24(2)39(52-42(60)33(46-6)18-27-21-47-31-14-9-7-12-29(27)31)44(62)51-35(20-38(57)58)41(59)49-23-37(56)50-34(19-28-22-48-32-15-10-8-13-30(28)32)43(61)53-40(25(3)4)45(63)54-17-11-16-36(54)26(5)55/h7-10,12-15,21-22,24-25,33-36,39-40,46-48H,11,16-20,23H2,1-6H3,(H,49,59)(H,50,56)(H,51,62)(H,52,60)(H,53,61)(H,57,58)/t33-,34-,35-,36-,39?,40?/m0/s1. The monoisotopic (exact) mass is 869 g/mol. The van der Waals surface area contributed by atoms with Gasteiger partial charge in [-0.2, -0.15) is 0 Å². The van der Waals surface area contributed by atoms with Crippen LogP contribution in [0.15, 0.2) is 60.9 Å². The summed E-state index contributed by atoms with van der Waals surface area (Å²) in [4.78, 5) is 114. The summed E-state index contributed by atoms with van der Waals surface area (Å²) in [7, 11) is 1.62. The normalized spacial score (nSPS) is 16.3. The number of benzene rings is 2. The molecule has 1 aliphatic rings. The van der Waals surface area contributed by atoms with Crippen molar-refractivity contribution in [1.29, 1.82) is 0 Å². The van der Waals surface area contributed by atoms with E-state index < -0.39 is 96.5 Å². The molecule has 0 bridgehead atoms. The zero-order chi connectivity index (χ0) is 46.0. The summed E-state index contributed by atoms with van der Waals surface area (Å²) in [5.74, 6) is -6.58.